The minimum Gasteiger partial charge on any atom is -0.389 e. The van der Waals surface area contributed by atoms with E-state index in [0.717, 1.165) is 36.1 Å². The standard InChI is InChI=1S/C20H29ClN2O4/c1-3-4-5-8-11-20(2)18(25)23(19(26)22-20)12-16(24)14-27-13-15-9-6-7-10-17(15)21/h6-7,9-10,16,24H,3-5,8,11-14H2,1-2H3,(H,22,26)/t16-,20-/m1/s1. The lowest BCUT2D eigenvalue weighted by Crippen LogP contribution is -2.44. The minimum absolute atomic E-state index is 0.00942. The number of aliphatic hydroxyl groups is 1. The first-order valence-electron chi connectivity index (χ1n) is 9.50. The fourth-order valence-corrected chi connectivity index (χ4v) is 3.36. The Hall–Kier alpha value is -1.63. The zero-order chi connectivity index (χ0) is 19.9. The third-order valence-corrected chi connectivity index (χ3v) is 5.16. The molecule has 2 atom stereocenters. The molecule has 1 aliphatic rings. The van der Waals surface area contributed by atoms with Crippen LogP contribution < -0.4 is 5.32 Å². The fourth-order valence-electron chi connectivity index (χ4n) is 3.17. The molecule has 0 unspecified atom stereocenters. The summed E-state index contributed by atoms with van der Waals surface area (Å²) in [6.45, 7) is 4.06. The second-order valence-electron chi connectivity index (χ2n) is 7.25. The van der Waals surface area contributed by atoms with Crippen LogP contribution in [-0.4, -0.2) is 46.7 Å². The van der Waals surface area contributed by atoms with Crippen LogP contribution in [0, 0.1) is 0 Å². The van der Waals surface area contributed by atoms with Crippen molar-refractivity contribution < 1.29 is 19.4 Å². The van der Waals surface area contributed by atoms with Crippen molar-refractivity contribution in [2.24, 2.45) is 0 Å². The molecule has 150 valence electrons. The molecule has 0 radical (unpaired) electrons. The molecule has 0 bridgehead atoms. The van der Waals surface area contributed by atoms with Crippen LogP contribution in [0.5, 0.6) is 0 Å². The lowest BCUT2D eigenvalue weighted by molar-refractivity contribution is -0.132. The van der Waals surface area contributed by atoms with Crippen LogP contribution in [0.2, 0.25) is 5.02 Å². The van der Waals surface area contributed by atoms with Gasteiger partial charge >= 0.3 is 6.03 Å². The maximum absolute atomic E-state index is 12.7. The molecule has 1 aliphatic heterocycles. The Labute approximate surface area is 165 Å². The summed E-state index contributed by atoms with van der Waals surface area (Å²) >= 11 is 6.06. The number of hydrogen-bond donors (Lipinski definition) is 2. The number of hydrogen-bond acceptors (Lipinski definition) is 4. The Kier molecular flexibility index (Phi) is 8.07. The summed E-state index contributed by atoms with van der Waals surface area (Å²) in [5, 5.41) is 13.5. The Bertz CT molecular complexity index is 655. The first kappa shape index (κ1) is 21.7. The maximum Gasteiger partial charge on any atom is 0.325 e. The van der Waals surface area contributed by atoms with E-state index < -0.39 is 17.7 Å². The van der Waals surface area contributed by atoms with Gasteiger partial charge < -0.3 is 15.2 Å². The van der Waals surface area contributed by atoms with Gasteiger partial charge in [-0.1, -0.05) is 62.4 Å². The van der Waals surface area contributed by atoms with Gasteiger partial charge in [-0.2, -0.15) is 0 Å². The van der Waals surface area contributed by atoms with Crippen molar-refractivity contribution in [1.29, 1.82) is 0 Å². The van der Waals surface area contributed by atoms with Gasteiger partial charge in [-0.3, -0.25) is 9.69 Å². The molecule has 6 nitrogen and oxygen atoms in total. The van der Waals surface area contributed by atoms with Gasteiger partial charge in [0, 0.05) is 5.02 Å². The van der Waals surface area contributed by atoms with Crippen LogP contribution in [0.15, 0.2) is 24.3 Å². The molecule has 0 spiro atoms. The predicted molar refractivity (Wildman–Crippen MR) is 105 cm³/mol. The average molecular weight is 397 g/mol. The van der Waals surface area contributed by atoms with Crippen molar-refractivity contribution in [3.05, 3.63) is 34.9 Å². The van der Waals surface area contributed by atoms with Crippen molar-refractivity contribution in [1.82, 2.24) is 10.2 Å². The topological polar surface area (TPSA) is 78.9 Å². The quantitative estimate of drug-likeness (QED) is 0.443. The summed E-state index contributed by atoms with van der Waals surface area (Å²) in [7, 11) is 0. The molecule has 0 saturated carbocycles. The molecule has 3 amide bonds. The van der Waals surface area contributed by atoms with E-state index in [4.69, 9.17) is 16.3 Å². The number of aliphatic hydroxyl groups excluding tert-OH is 1. The molecule has 2 N–H and O–H groups in total. The SMILES string of the molecule is CCCCCC[C@@]1(C)NC(=O)N(C[C@@H](O)COCc2ccccc2Cl)C1=O. The van der Waals surface area contributed by atoms with E-state index in [1.165, 1.54) is 0 Å². The molecule has 1 heterocycles. The molecule has 27 heavy (non-hydrogen) atoms. The number of benzene rings is 1. The van der Waals surface area contributed by atoms with Crippen LogP contribution in [0.3, 0.4) is 0 Å². The number of rotatable bonds is 11. The molecular weight excluding hydrogens is 368 g/mol. The molecule has 1 fully saturated rings. The van der Waals surface area contributed by atoms with Crippen molar-refractivity contribution >= 4 is 23.5 Å². The third kappa shape index (κ3) is 5.92. The molecule has 7 heteroatoms. The van der Waals surface area contributed by atoms with E-state index in [0.29, 0.717) is 11.4 Å². The number of unbranched alkanes of at least 4 members (excludes halogenated alkanes) is 3. The number of amides is 3. The predicted octanol–water partition coefficient (Wildman–Crippen LogP) is 3.50. The second kappa shape index (κ2) is 10.1. The number of nitrogens with zero attached hydrogens (tertiary/aromatic N) is 1. The minimum atomic E-state index is -0.954. The highest BCUT2D eigenvalue weighted by atomic mass is 35.5. The Balaban J connectivity index is 1.80. The number of carbonyl (C=O) groups excluding carboxylic acids is 2. The summed E-state index contributed by atoms with van der Waals surface area (Å²) in [5.74, 6) is -0.283. The van der Waals surface area contributed by atoms with Gasteiger partial charge in [0.1, 0.15) is 5.54 Å². The van der Waals surface area contributed by atoms with Gasteiger partial charge in [-0.05, 0) is 25.0 Å². The lowest BCUT2D eigenvalue weighted by Gasteiger charge is -2.22. The fraction of sp³-hybridized carbons (Fsp3) is 0.600. The van der Waals surface area contributed by atoms with Gasteiger partial charge in [-0.25, -0.2) is 4.79 Å². The lowest BCUT2D eigenvalue weighted by atomic mass is 9.94. The Morgan fingerprint density at radius 2 is 2.00 bits per heavy atom. The molecule has 2 rings (SSSR count). The van der Waals surface area contributed by atoms with E-state index in [2.05, 4.69) is 12.2 Å². The summed E-state index contributed by atoms with van der Waals surface area (Å²) in [5.41, 5.74) is -0.0656. The van der Waals surface area contributed by atoms with Crippen molar-refractivity contribution in [3.63, 3.8) is 0 Å². The highest BCUT2D eigenvalue weighted by molar-refractivity contribution is 6.31. The number of ether oxygens (including phenoxy) is 1. The summed E-state index contributed by atoms with van der Waals surface area (Å²) in [6.07, 6.45) is 3.80. The van der Waals surface area contributed by atoms with E-state index in [1.54, 1.807) is 13.0 Å². The summed E-state index contributed by atoms with van der Waals surface area (Å²) in [4.78, 5) is 25.9. The van der Waals surface area contributed by atoms with E-state index >= 15 is 0 Å². The second-order valence-corrected chi connectivity index (χ2v) is 7.66. The van der Waals surface area contributed by atoms with Gasteiger partial charge in [-0.15, -0.1) is 0 Å². The third-order valence-electron chi connectivity index (χ3n) is 4.79. The van der Waals surface area contributed by atoms with E-state index in [1.807, 2.05) is 18.2 Å². The van der Waals surface area contributed by atoms with Gasteiger partial charge in [0.15, 0.2) is 0 Å². The molecule has 0 aliphatic carbocycles. The van der Waals surface area contributed by atoms with E-state index in [9.17, 15) is 14.7 Å². The monoisotopic (exact) mass is 396 g/mol. The van der Waals surface area contributed by atoms with Crippen LogP contribution in [-0.2, 0) is 16.1 Å². The Morgan fingerprint density at radius 1 is 1.26 bits per heavy atom. The number of imide groups is 1. The average Bonchev–Trinajstić information content (AvgIpc) is 2.84. The highest BCUT2D eigenvalue weighted by Crippen LogP contribution is 2.24. The van der Waals surface area contributed by atoms with Crippen LogP contribution in [0.1, 0.15) is 51.5 Å². The zero-order valence-corrected chi connectivity index (χ0v) is 16.8. The number of β-amino-alcohol motifs (C(OH)–C–C–N with tert-alkyl or cyclic N) is 1. The van der Waals surface area contributed by atoms with E-state index in [-0.39, 0.29) is 25.7 Å². The smallest absolute Gasteiger partial charge is 0.325 e. The zero-order valence-electron chi connectivity index (χ0n) is 16.0. The van der Waals surface area contributed by atoms with Crippen LogP contribution in [0.4, 0.5) is 4.79 Å². The van der Waals surface area contributed by atoms with Crippen molar-refractivity contribution in [2.45, 2.75) is 64.2 Å². The van der Waals surface area contributed by atoms with Crippen LogP contribution >= 0.6 is 11.6 Å². The number of carbonyl (C=O) groups is 2. The molecule has 1 aromatic rings. The van der Waals surface area contributed by atoms with Crippen molar-refractivity contribution in [2.75, 3.05) is 13.2 Å². The molecule has 1 aromatic carbocycles. The van der Waals surface area contributed by atoms with Gasteiger partial charge in [0.25, 0.3) is 5.91 Å². The van der Waals surface area contributed by atoms with Crippen molar-refractivity contribution in [3.8, 4) is 0 Å². The largest absolute Gasteiger partial charge is 0.389 e. The maximum atomic E-state index is 12.7. The first-order valence-corrected chi connectivity index (χ1v) is 9.88. The normalized spacial score (nSPS) is 20.8. The number of urea groups is 1. The number of halogens is 1. The summed E-state index contributed by atoms with van der Waals surface area (Å²) < 4.78 is 5.48. The molecular formula is C20H29ClN2O4. The van der Waals surface area contributed by atoms with Crippen LogP contribution in [0.25, 0.3) is 0 Å². The first-order chi connectivity index (χ1) is 12.9. The summed E-state index contributed by atoms with van der Waals surface area (Å²) in [6, 6.07) is 6.84. The molecule has 1 saturated heterocycles. The highest BCUT2D eigenvalue weighted by Gasteiger charge is 2.47. The van der Waals surface area contributed by atoms with Gasteiger partial charge in [0.05, 0.1) is 25.9 Å². The molecule has 0 aromatic heterocycles. The number of nitrogens with one attached hydrogen (secondary N) is 1. The Morgan fingerprint density at radius 3 is 2.70 bits per heavy atom. The van der Waals surface area contributed by atoms with Gasteiger partial charge in [0.2, 0.25) is 0 Å².